The molecule has 3 nitrogen and oxygen atoms in total. The minimum atomic E-state index is 0.275. The second kappa shape index (κ2) is 5.13. The molecule has 0 aromatic rings. The van der Waals surface area contributed by atoms with Gasteiger partial charge in [0, 0.05) is 12.6 Å². The molecule has 1 unspecified atom stereocenters. The van der Waals surface area contributed by atoms with E-state index in [1.807, 2.05) is 0 Å². The van der Waals surface area contributed by atoms with Crippen LogP contribution in [0, 0.1) is 11.3 Å². The smallest absolute Gasteiger partial charge is 0.0868 e. The Hall–Kier alpha value is -0.590. The van der Waals surface area contributed by atoms with Crippen LogP contribution in [0.3, 0.4) is 0 Å². The monoisotopic (exact) mass is 168 g/mol. The van der Waals surface area contributed by atoms with Gasteiger partial charge in [0.2, 0.25) is 0 Å². The summed E-state index contributed by atoms with van der Waals surface area (Å²) in [6.07, 6.45) is 4.31. The first-order chi connectivity index (χ1) is 5.88. The summed E-state index contributed by atoms with van der Waals surface area (Å²) in [6.45, 7) is 1.89. The molecule has 0 saturated carbocycles. The molecule has 1 aliphatic rings. The molecule has 0 aromatic heterocycles. The Morgan fingerprint density at radius 2 is 2.42 bits per heavy atom. The fraction of sp³-hybridized carbons (Fsp3) is 0.889. The van der Waals surface area contributed by atoms with Gasteiger partial charge in [-0.15, -0.1) is 0 Å². The third-order valence-electron chi connectivity index (χ3n) is 2.47. The van der Waals surface area contributed by atoms with Crippen LogP contribution in [-0.2, 0) is 0 Å². The van der Waals surface area contributed by atoms with Gasteiger partial charge in [0.15, 0.2) is 0 Å². The van der Waals surface area contributed by atoms with E-state index in [9.17, 15) is 0 Å². The molecule has 1 rings (SSSR count). The fourth-order valence-electron chi connectivity index (χ4n) is 1.85. The summed E-state index contributed by atoms with van der Waals surface area (Å²) in [6, 6.07) is 2.73. The highest BCUT2D eigenvalue weighted by Gasteiger charge is 2.22. The average molecular weight is 168 g/mol. The quantitative estimate of drug-likeness (QED) is 0.630. The van der Waals surface area contributed by atoms with Gasteiger partial charge < -0.3 is 5.11 Å². The molecule has 1 fully saturated rings. The van der Waals surface area contributed by atoms with Crippen LogP contribution in [0.4, 0.5) is 0 Å². The van der Waals surface area contributed by atoms with Crippen LogP contribution in [0.5, 0.6) is 0 Å². The summed E-state index contributed by atoms with van der Waals surface area (Å²) in [7, 11) is 0. The van der Waals surface area contributed by atoms with E-state index < -0.39 is 0 Å². The lowest BCUT2D eigenvalue weighted by molar-refractivity contribution is 0.232. The summed E-state index contributed by atoms with van der Waals surface area (Å²) < 4.78 is 0. The highest BCUT2D eigenvalue weighted by Crippen LogP contribution is 2.20. The maximum Gasteiger partial charge on any atom is 0.0868 e. The van der Waals surface area contributed by atoms with Gasteiger partial charge in [-0.2, -0.15) is 5.26 Å². The van der Waals surface area contributed by atoms with E-state index in [2.05, 4.69) is 11.0 Å². The first-order valence-corrected chi connectivity index (χ1v) is 4.60. The summed E-state index contributed by atoms with van der Waals surface area (Å²) in [5.41, 5.74) is 0. The zero-order valence-electron chi connectivity index (χ0n) is 7.37. The molecule has 68 valence electrons. The number of nitrogens with zero attached hydrogens (tertiary/aromatic N) is 2. The minimum Gasteiger partial charge on any atom is -0.396 e. The number of likely N-dealkylation sites (tertiary alicyclic amines) is 1. The van der Waals surface area contributed by atoms with Gasteiger partial charge in [-0.25, -0.2) is 0 Å². The third-order valence-corrected chi connectivity index (χ3v) is 2.47. The summed E-state index contributed by atoms with van der Waals surface area (Å²) in [5.74, 6) is 0. The third kappa shape index (κ3) is 2.47. The van der Waals surface area contributed by atoms with E-state index >= 15 is 0 Å². The molecule has 12 heavy (non-hydrogen) atoms. The Balaban J connectivity index is 2.26. The largest absolute Gasteiger partial charge is 0.396 e. The fourth-order valence-corrected chi connectivity index (χ4v) is 1.85. The van der Waals surface area contributed by atoms with Crippen LogP contribution in [0.15, 0.2) is 0 Å². The molecule has 1 atom stereocenters. The van der Waals surface area contributed by atoms with Crippen LogP contribution in [0.1, 0.15) is 25.7 Å². The highest BCUT2D eigenvalue weighted by molar-refractivity contribution is 4.85. The first kappa shape index (κ1) is 9.50. The van der Waals surface area contributed by atoms with Crippen molar-refractivity contribution in [2.75, 3.05) is 19.7 Å². The van der Waals surface area contributed by atoms with Gasteiger partial charge in [-0.1, -0.05) is 0 Å². The maximum atomic E-state index is 8.66. The molecular weight excluding hydrogens is 152 g/mol. The number of hydrogen-bond donors (Lipinski definition) is 1. The van der Waals surface area contributed by atoms with Gasteiger partial charge >= 0.3 is 0 Å². The summed E-state index contributed by atoms with van der Waals surface area (Å²) in [4.78, 5) is 2.22. The second-order valence-corrected chi connectivity index (χ2v) is 3.29. The molecule has 0 aliphatic carbocycles. The lowest BCUT2D eigenvalue weighted by Crippen LogP contribution is -2.29. The van der Waals surface area contributed by atoms with Crippen LogP contribution in [0.25, 0.3) is 0 Å². The molecule has 0 spiro atoms. The van der Waals surface area contributed by atoms with Crippen LogP contribution in [-0.4, -0.2) is 35.7 Å². The van der Waals surface area contributed by atoms with Crippen molar-refractivity contribution >= 4 is 0 Å². The van der Waals surface area contributed by atoms with Crippen molar-refractivity contribution in [1.82, 2.24) is 4.90 Å². The molecule has 1 saturated heterocycles. The van der Waals surface area contributed by atoms with Gasteiger partial charge in [0.1, 0.15) is 0 Å². The van der Waals surface area contributed by atoms with Crippen LogP contribution < -0.4 is 0 Å². The summed E-state index contributed by atoms with van der Waals surface area (Å²) >= 11 is 0. The van der Waals surface area contributed by atoms with Crippen LogP contribution in [0.2, 0.25) is 0 Å². The predicted octanol–water partition coefficient (Wildman–Crippen LogP) is 0.747. The number of hydrogen-bond acceptors (Lipinski definition) is 3. The lowest BCUT2D eigenvalue weighted by Gasteiger charge is -2.20. The van der Waals surface area contributed by atoms with Gasteiger partial charge in [0.05, 0.1) is 12.6 Å². The Labute approximate surface area is 73.6 Å². The van der Waals surface area contributed by atoms with Crippen molar-refractivity contribution in [1.29, 1.82) is 5.26 Å². The normalized spacial score (nSPS) is 24.2. The lowest BCUT2D eigenvalue weighted by atomic mass is 10.1. The standard InChI is InChI=1S/C9H16N2O/c10-5-7-11-6-1-3-9(11)4-2-8-12/h9,12H,1-4,6-8H2. The Morgan fingerprint density at radius 3 is 3.08 bits per heavy atom. The number of rotatable bonds is 4. The van der Waals surface area contributed by atoms with Gasteiger partial charge in [-0.05, 0) is 32.2 Å². The maximum absolute atomic E-state index is 8.66. The van der Waals surface area contributed by atoms with E-state index in [0.29, 0.717) is 12.6 Å². The first-order valence-electron chi connectivity index (χ1n) is 4.60. The molecule has 1 N–H and O–H groups in total. The zero-order valence-corrected chi connectivity index (χ0v) is 7.37. The summed E-state index contributed by atoms with van der Waals surface area (Å²) in [5, 5.41) is 17.2. The Morgan fingerprint density at radius 1 is 1.58 bits per heavy atom. The van der Waals surface area contributed by atoms with E-state index in [0.717, 1.165) is 19.4 Å². The van der Waals surface area contributed by atoms with Gasteiger partial charge in [0.25, 0.3) is 0 Å². The average Bonchev–Trinajstić information content (AvgIpc) is 2.50. The number of aliphatic hydroxyl groups is 1. The highest BCUT2D eigenvalue weighted by atomic mass is 16.2. The predicted molar refractivity (Wildman–Crippen MR) is 46.5 cm³/mol. The molecule has 0 bridgehead atoms. The molecule has 1 aliphatic heterocycles. The van der Waals surface area contributed by atoms with E-state index in [-0.39, 0.29) is 6.61 Å². The van der Waals surface area contributed by atoms with Crippen molar-refractivity contribution in [3.05, 3.63) is 0 Å². The van der Waals surface area contributed by atoms with Crippen LogP contribution >= 0.6 is 0 Å². The minimum absolute atomic E-state index is 0.275. The SMILES string of the molecule is N#CCN1CCCC1CCCO. The number of aliphatic hydroxyl groups excluding tert-OH is 1. The van der Waals surface area contributed by atoms with Gasteiger partial charge in [-0.3, -0.25) is 4.90 Å². The number of nitriles is 1. The second-order valence-electron chi connectivity index (χ2n) is 3.29. The molecule has 1 heterocycles. The van der Waals surface area contributed by atoms with Crippen molar-refractivity contribution in [3.63, 3.8) is 0 Å². The molecule has 0 aromatic carbocycles. The molecular formula is C9H16N2O. The zero-order chi connectivity index (χ0) is 8.81. The molecule has 0 amide bonds. The Bertz CT molecular complexity index is 164. The van der Waals surface area contributed by atoms with Crippen molar-refractivity contribution < 1.29 is 5.11 Å². The van der Waals surface area contributed by atoms with E-state index in [4.69, 9.17) is 10.4 Å². The van der Waals surface area contributed by atoms with Crippen molar-refractivity contribution in [2.24, 2.45) is 0 Å². The molecule has 3 heteroatoms. The Kier molecular flexibility index (Phi) is 4.06. The molecule has 0 radical (unpaired) electrons. The van der Waals surface area contributed by atoms with E-state index in [1.54, 1.807) is 0 Å². The van der Waals surface area contributed by atoms with Crippen molar-refractivity contribution in [3.8, 4) is 6.07 Å². The van der Waals surface area contributed by atoms with Crippen molar-refractivity contribution in [2.45, 2.75) is 31.7 Å². The topological polar surface area (TPSA) is 47.3 Å². The van der Waals surface area contributed by atoms with E-state index in [1.165, 1.54) is 12.8 Å².